The van der Waals surface area contributed by atoms with Crippen LogP contribution in [-0.4, -0.2) is 20.0 Å². The summed E-state index contributed by atoms with van der Waals surface area (Å²) in [5, 5.41) is 0. The number of hydrogen-bond acceptors (Lipinski definition) is 2. The van der Waals surface area contributed by atoms with Crippen LogP contribution < -0.4 is 0 Å². The molecule has 0 saturated carbocycles. The van der Waals surface area contributed by atoms with E-state index in [-0.39, 0.29) is 32.7 Å². The van der Waals surface area contributed by atoms with E-state index in [1.54, 1.807) is 14.2 Å². The van der Waals surface area contributed by atoms with Crippen LogP contribution in [0.3, 0.4) is 0 Å². The first-order valence-corrected chi connectivity index (χ1v) is 3.06. The van der Waals surface area contributed by atoms with E-state index in [4.69, 9.17) is 9.47 Å². The van der Waals surface area contributed by atoms with Gasteiger partial charge in [-0.1, -0.05) is 0 Å². The molecule has 0 aliphatic heterocycles. The average molecular weight is 220 g/mol. The molecule has 0 aliphatic rings. The molecule has 0 aromatic carbocycles. The largest absolute Gasteiger partial charge is 3.00 e. The zero-order valence-corrected chi connectivity index (χ0v) is 10.0. The molecule has 0 atom stereocenters. The summed E-state index contributed by atoms with van der Waals surface area (Å²) in [5.41, 5.74) is 0. The van der Waals surface area contributed by atoms with Crippen LogP contribution in [0.4, 0.5) is 0 Å². The maximum absolute atomic E-state index is 5.07. The van der Waals surface area contributed by atoms with Gasteiger partial charge >= 0.3 is 32.7 Å². The van der Waals surface area contributed by atoms with Gasteiger partial charge in [0.1, 0.15) is 5.79 Å². The van der Waals surface area contributed by atoms with Gasteiger partial charge in [0.2, 0.25) is 0 Å². The van der Waals surface area contributed by atoms with Crippen LogP contribution in [0, 0.1) is 6.42 Å². The van der Waals surface area contributed by atoms with Crippen LogP contribution in [0.15, 0.2) is 0 Å². The van der Waals surface area contributed by atoms with Crippen molar-refractivity contribution in [3.8, 4) is 0 Å². The fraction of sp³-hybridized carbons (Fsp3) is 0.857. The summed E-state index contributed by atoms with van der Waals surface area (Å²) in [6.07, 6.45) is 2.84. The Hall–Kier alpha value is 1.02. The van der Waals surface area contributed by atoms with Crippen LogP contribution in [0.1, 0.15) is 20.3 Å². The Bertz CT molecular complexity index is 72.0. The molecule has 0 spiro atoms. The molecule has 0 aliphatic carbocycles. The third kappa shape index (κ3) is 4.78. The monoisotopic (exact) mass is 220 g/mol. The molecule has 3 heteroatoms. The smallest absolute Gasteiger partial charge is 0.356 e. The molecule has 0 heterocycles. The topological polar surface area (TPSA) is 18.5 Å². The third-order valence-corrected chi connectivity index (χ3v) is 1.44. The molecule has 10 heavy (non-hydrogen) atoms. The van der Waals surface area contributed by atoms with Crippen LogP contribution in [0.5, 0.6) is 0 Å². The number of ether oxygens (including phenoxy) is 2. The predicted octanol–water partition coefficient (Wildman–Crippen LogP) is 1.61. The van der Waals surface area contributed by atoms with E-state index in [0.717, 1.165) is 6.42 Å². The van der Waals surface area contributed by atoms with Gasteiger partial charge in [-0.05, 0) is 6.92 Å². The van der Waals surface area contributed by atoms with Crippen LogP contribution in [0.2, 0.25) is 0 Å². The van der Waals surface area contributed by atoms with Gasteiger partial charge in [0.15, 0.2) is 0 Å². The minimum atomic E-state index is -0.422. The minimum absolute atomic E-state index is 0. The third-order valence-electron chi connectivity index (χ3n) is 1.44. The Labute approximate surface area is 88.5 Å². The summed E-state index contributed by atoms with van der Waals surface area (Å²) >= 11 is 0. The van der Waals surface area contributed by atoms with Gasteiger partial charge in [-0.15, -0.1) is 6.42 Å². The van der Waals surface area contributed by atoms with Gasteiger partial charge in [0.05, 0.1) is 0 Å². The molecule has 0 amide bonds. The quantitative estimate of drug-likeness (QED) is 0.529. The fourth-order valence-electron chi connectivity index (χ4n) is 0.621. The minimum Gasteiger partial charge on any atom is -0.356 e. The van der Waals surface area contributed by atoms with Crippen LogP contribution >= 0.6 is 0 Å². The van der Waals surface area contributed by atoms with Crippen molar-refractivity contribution in [1.82, 2.24) is 0 Å². The van der Waals surface area contributed by atoms with Crippen molar-refractivity contribution < 1.29 is 42.2 Å². The summed E-state index contributed by atoms with van der Waals surface area (Å²) in [5.74, 6) is -0.422. The zero-order chi connectivity index (χ0) is 7.33. The second-order valence-electron chi connectivity index (χ2n) is 2.15. The first-order chi connectivity index (χ1) is 4.18. The van der Waals surface area contributed by atoms with Gasteiger partial charge in [-0.2, -0.15) is 6.92 Å². The van der Waals surface area contributed by atoms with Crippen molar-refractivity contribution in [2.75, 3.05) is 14.2 Å². The Morgan fingerprint density at radius 3 is 1.80 bits per heavy atom. The van der Waals surface area contributed by atoms with Gasteiger partial charge in [-0.25, -0.2) is 0 Å². The SMILES string of the molecule is C[CH-]CC(C)(OC)OC.[Y+3]. The molecule has 2 nitrogen and oxygen atoms in total. The summed E-state index contributed by atoms with van der Waals surface area (Å²) in [6, 6.07) is 0. The van der Waals surface area contributed by atoms with Crippen molar-refractivity contribution in [3.63, 3.8) is 0 Å². The van der Waals surface area contributed by atoms with Gasteiger partial charge < -0.3 is 15.9 Å². The van der Waals surface area contributed by atoms with E-state index in [2.05, 4.69) is 0 Å². The molecule has 0 radical (unpaired) electrons. The van der Waals surface area contributed by atoms with Gasteiger partial charge in [-0.3, -0.25) is 0 Å². The van der Waals surface area contributed by atoms with E-state index in [1.807, 2.05) is 20.3 Å². The van der Waals surface area contributed by atoms with E-state index in [9.17, 15) is 0 Å². The van der Waals surface area contributed by atoms with Crippen LogP contribution in [0.25, 0.3) is 0 Å². The Morgan fingerprint density at radius 1 is 1.30 bits per heavy atom. The number of methoxy groups -OCH3 is 2. The Balaban J connectivity index is 0. The number of hydrogen-bond donors (Lipinski definition) is 0. The van der Waals surface area contributed by atoms with E-state index >= 15 is 0 Å². The molecular formula is C7H15O2Y+2. The molecule has 0 bridgehead atoms. The molecule has 0 unspecified atom stereocenters. The molecule has 0 saturated heterocycles. The zero-order valence-electron chi connectivity index (χ0n) is 7.18. The van der Waals surface area contributed by atoms with Crippen molar-refractivity contribution in [2.24, 2.45) is 0 Å². The first-order valence-electron chi connectivity index (χ1n) is 3.06. The van der Waals surface area contributed by atoms with E-state index in [0.29, 0.717) is 0 Å². The Morgan fingerprint density at radius 2 is 1.70 bits per heavy atom. The summed E-state index contributed by atoms with van der Waals surface area (Å²) < 4.78 is 10.1. The molecule has 0 N–H and O–H groups in total. The van der Waals surface area contributed by atoms with Crippen LogP contribution in [-0.2, 0) is 42.2 Å². The van der Waals surface area contributed by atoms with E-state index < -0.39 is 5.79 Å². The second-order valence-corrected chi connectivity index (χ2v) is 2.15. The molecule has 0 aromatic rings. The molecule has 0 aromatic heterocycles. The molecule has 56 valence electrons. The Kier molecular flexibility index (Phi) is 9.14. The van der Waals surface area contributed by atoms with Gasteiger partial charge in [0, 0.05) is 14.2 Å². The molecular weight excluding hydrogens is 205 g/mol. The summed E-state index contributed by atoms with van der Waals surface area (Å²) in [6.45, 7) is 3.89. The summed E-state index contributed by atoms with van der Waals surface area (Å²) in [4.78, 5) is 0. The molecule has 0 rings (SSSR count). The second kappa shape index (κ2) is 6.72. The van der Waals surface area contributed by atoms with Crippen molar-refractivity contribution >= 4 is 0 Å². The van der Waals surface area contributed by atoms with Crippen molar-refractivity contribution in [2.45, 2.75) is 26.1 Å². The normalized spacial score (nSPS) is 10.8. The standard InChI is InChI=1S/C7H15O2.Y/c1-5-6-7(2,8-3)9-4;/h5H,6H2,1-4H3;/q-1;+3. The predicted molar refractivity (Wildman–Crippen MR) is 37.0 cm³/mol. The van der Waals surface area contributed by atoms with Crippen molar-refractivity contribution in [3.05, 3.63) is 6.42 Å². The maximum atomic E-state index is 5.07. The van der Waals surface area contributed by atoms with Crippen molar-refractivity contribution in [1.29, 1.82) is 0 Å². The number of rotatable bonds is 4. The summed E-state index contributed by atoms with van der Waals surface area (Å²) in [7, 11) is 3.29. The van der Waals surface area contributed by atoms with E-state index in [1.165, 1.54) is 0 Å². The molecule has 0 fully saturated rings. The maximum Gasteiger partial charge on any atom is 3.00 e. The fourth-order valence-corrected chi connectivity index (χ4v) is 0.621. The first kappa shape index (κ1) is 13.6. The average Bonchev–Trinajstić information content (AvgIpc) is 1.89. The van der Waals surface area contributed by atoms with Gasteiger partial charge in [0.25, 0.3) is 0 Å².